The van der Waals surface area contributed by atoms with Crippen LogP contribution in [0.25, 0.3) is 33.3 Å². The number of carbonyl (C=O) groups is 1. The molecule has 0 aliphatic rings. The van der Waals surface area contributed by atoms with E-state index in [1.54, 1.807) is 51.8 Å². The molecule has 0 saturated heterocycles. The highest BCUT2D eigenvalue weighted by Crippen LogP contribution is 2.40. The summed E-state index contributed by atoms with van der Waals surface area (Å²) in [4.78, 5) is 12.9. The number of methoxy groups -OCH3 is 1. The molecule has 0 N–H and O–H groups in total. The van der Waals surface area contributed by atoms with Gasteiger partial charge in [-0.25, -0.2) is 4.79 Å². The molecule has 0 spiro atoms. The highest BCUT2D eigenvalue weighted by atomic mass is 19.3. The minimum atomic E-state index is -3.21. The van der Waals surface area contributed by atoms with Crippen LogP contribution in [-0.4, -0.2) is 44.9 Å². The first-order chi connectivity index (χ1) is 17.4. The number of carbonyl (C=O) groups excluding carboxylic acids is 1. The quantitative estimate of drug-likeness (QED) is 0.334. The van der Waals surface area contributed by atoms with Crippen molar-refractivity contribution < 1.29 is 27.8 Å². The lowest BCUT2D eigenvalue weighted by Gasteiger charge is -2.22. The van der Waals surface area contributed by atoms with Crippen LogP contribution < -0.4 is 9.47 Å². The minimum absolute atomic E-state index is 0.0257. The zero-order valence-electron chi connectivity index (χ0n) is 21.2. The highest BCUT2D eigenvalue weighted by Gasteiger charge is 2.29. The first kappa shape index (κ1) is 25.6. The van der Waals surface area contributed by atoms with Crippen molar-refractivity contribution in [2.75, 3.05) is 7.11 Å². The summed E-state index contributed by atoms with van der Waals surface area (Å²) >= 11 is 0. The van der Waals surface area contributed by atoms with Gasteiger partial charge in [0.05, 0.1) is 36.1 Å². The number of halogens is 2. The topological polar surface area (TPSA) is 104 Å². The van der Waals surface area contributed by atoms with Crippen molar-refractivity contribution in [3.63, 3.8) is 0 Å². The summed E-state index contributed by atoms with van der Waals surface area (Å²) in [6.45, 7) is 1.76. The van der Waals surface area contributed by atoms with Crippen LogP contribution in [0, 0.1) is 11.3 Å². The van der Waals surface area contributed by atoms with E-state index in [0.717, 1.165) is 11.1 Å². The number of benzene rings is 2. The van der Waals surface area contributed by atoms with Crippen molar-refractivity contribution in [2.24, 2.45) is 14.1 Å². The Kier molecular flexibility index (Phi) is 6.61. The van der Waals surface area contributed by atoms with Crippen LogP contribution in [-0.2, 0) is 18.8 Å². The molecule has 0 unspecified atom stereocenters. The lowest BCUT2D eigenvalue weighted by atomic mass is 9.98. The lowest BCUT2D eigenvalue weighted by molar-refractivity contribution is -0.0509. The average Bonchev–Trinajstić information content (AvgIpc) is 3.38. The summed E-state index contributed by atoms with van der Waals surface area (Å²) in [5, 5.41) is 19.2. The molecular weight excluding hydrogens is 484 g/mol. The molecule has 2 heterocycles. The van der Waals surface area contributed by atoms with Crippen molar-refractivity contribution >= 4 is 16.9 Å². The SMILES string of the molecule is COc1cc(-c2c3c(C#N)cc(-c4cnn(C)c4)cc3nn2C)cc(OC(F)F)c1C(=O)OC(C)(C)C. The second-order valence-corrected chi connectivity index (χ2v) is 9.34. The predicted octanol–water partition coefficient (Wildman–Crippen LogP) is 5.08. The molecule has 0 bridgehead atoms. The normalized spacial score (nSPS) is 11.6. The van der Waals surface area contributed by atoms with E-state index in [2.05, 4.69) is 16.3 Å². The monoisotopic (exact) mass is 509 g/mol. The zero-order valence-corrected chi connectivity index (χ0v) is 21.2. The number of esters is 1. The lowest BCUT2D eigenvalue weighted by Crippen LogP contribution is -2.25. The fourth-order valence-corrected chi connectivity index (χ4v) is 4.09. The van der Waals surface area contributed by atoms with Crippen LogP contribution in [0.5, 0.6) is 11.5 Å². The molecule has 0 aliphatic heterocycles. The fraction of sp³-hybridized carbons (Fsp3) is 0.308. The third-order valence-electron chi connectivity index (χ3n) is 5.47. The van der Waals surface area contributed by atoms with Crippen molar-refractivity contribution in [1.29, 1.82) is 5.26 Å². The largest absolute Gasteiger partial charge is 0.496 e. The minimum Gasteiger partial charge on any atom is -0.496 e. The van der Waals surface area contributed by atoms with Gasteiger partial charge in [-0.3, -0.25) is 9.36 Å². The van der Waals surface area contributed by atoms with Gasteiger partial charge in [0.2, 0.25) is 0 Å². The molecule has 4 rings (SSSR count). The Balaban J connectivity index is 1.95. The van der Waals surface area contributed by atoms with Gasteiger partial charge in [0.25, 0.3) is 0 Å². The van der Waals surface area contributed by atoms with E-state index in [1.165, 1.54) is 23.9 Å². The third kappa shape index (κ3) is 5.09. The van der Waals surface area contributed by atoms with E-state index in [4.69, 9.17) is 14.2 Å². The predicted molar refractivity (Wildman–Crippen MR) is 131 cm³/mol. The Morgan fingerprint density at radius 2 is 1.78 bits per heavy atom. The van der Waals surface area contributed by atoms with Crippen molar-refractivity contribution in [2.45, 2.75) is 33.0 Å². The third-order valence-corrected chi connectivity index (χ3v) is 5.47. The molecule has 2 aromatic carbocycles. The molecule has 2 aromatic heterocycles. The zero-order chi connectivity index (χ0) is 27.1. The second-order valence-electron chi connectivity index (χ2n) is 9.34. The van der Waals surface area contributed by atoms with E-state index >= 15 is 0 Å². The summed E-state index contributed by atoms with van der Waals surface area (Å²) in [5.41, 5.74) is 2.06. The number of alkyl halides is 2. The Bertz CT molecular complexity index is 1540. The highest BCUT2D eigenvalue weighted by molar-refractivity contribution is 6.02. The Hall–Kier alpha value is -4.46. The van der Waals surface area contributed by atoms with Gasteiger partial charge in [0, 0.05) is 36.8 Å². The molecule has 4 aromatic rings. The summed E-state index contributed by atoms with van der Waals surface area (Å²) in [6.07, 6.45) is 3.50. The molecule has 0 radical (unpaired) electrons. The average molecular weight is 510 g/mol. The molecule has 0 atom stereocenters. The van der Waals surface area contributed by atoms with Gasteiger partial charge in [-0.1, -0.05) is 0 Å². The maximum absolute atomic E-state index is 13.4. The number of fused-ring (bicyclic) bond motifs is 1. The number of rotatable bonds is 6. The maximum atomic E-state index is 13.4. The molecule has 192 valence electrons. The molecule has 0 saturated carbocycles. The molecule has 11 heteroatoms. The smallest absolute Gasteiger partial charge is 0.387 e. The molecule has 0 aliphatic carbocycles. The van der Waals surface area contributed by atoms with E-state index in [1.807, 2.05) is 12.3 Å². The Morgan fingerprint density at radius 1 is 1.08 bits per heavy atom. The second kappa shape index (κ2) is 9.54. The van der Waals surface area contributed by atoms with Crippen LogP contribution in [0.15, 0.2) is 36.7 Å². The van der Waals surface area contributed by atoms with Crippen LogP contribution in [0.3, 0.4) is 0 Å². The van der Waals surface area contributed by atoms with Gasteiger partial charge in [-0.05, 0) is 50.6 Å². The van der Waals surface area contributed by atoms with Gasteiger partial charge >= 0.3 is 12.6 Å². The Morgan fingerprint density at radius 3 is 2.35 bits per heavy atom. The van der Waals surface area contributed by atoms with Gasteiger partial charge < -0.3 is 14.2 Å². The van der Waals surface area contributed by atoms with Crippen molar-refractivity contribution in [3.8, 4) is 40.0 Å². The van der Waals surface area contributed by atoms with Gasteiger partial charge in [0.1, 0.15) is 22.7 Å². The van der Waals surface area contributed by atoms with Crippen molar-refractivity contribution in [1.82, 2.24) is 19.6 Å². The van der Waals surface area contributed by atoms with Crippen molar-refractivity contribution in [3.05, 3.63) is 47.8 Å². The first-order valence-electron chi connectivity index (χ1n) is 11.2. The van der Waals surface area contributed by atoms with Crippen LogP contribution in [0.4, 0.5) is 8.78 Å². The fourth-order valence-electron chi connectivity index (χ4n) is 4.09. The van der Waals surface area contributed by atoms with E-state index in [9.17, 15) is 18.8 Å². The van der Waals surface area contributed by atoms with Crippen LogP contribution in [0.2, 0.25) is 0 Å². The number of aromatic nitrogens is 4. The van der Waals surface area contributed by atoms with Gasteiger partial charge in [0.15, 0.2) is 0 Å². The summed E-state index contributed by atoms with van der Waals surface area (Å²) in [7, 11) is 4.77. The van der Waals surface area contributed by atoms with Crippen LogP contribution >= 0.6 is 0 Å². The molecular formula is C26H25F2N5O4. The number of nitrogens with zero attached hydrogens (tertiary/aromatic N) is 5. The summed E-state index contributed by atoms with van der Waals surface area (Å²) in [5.74, 6) is -1.32. The van der Waals surface area contributed by atoms with Gasteiger partial charge in [-0.15, -0.1) is 0 Å². The number of ether oxygens (including phenoxy) is 3. The van der Waals surface area contributed by atoms with E-state index in [-0.39, 0.29) is 11.3 Å². The van der Waals surface area contributed by atoms with Crippen LogP contribution in [0.1, 0.15) is 36.7 Å². The molecule has 37 heavy (non-hydrogen) atoms. The number of hydrogen-bond donors (Lipinski definition) is 0. The first-order valence-corrected chi connectivity index (χ1v) is 11.2. The standard InChI is InChI=1S/C26H25F2N5O4/c1-26(2,3)37-24(34)22-19(35-6)9-15(10-20(22)36-25(27)28)23-21-16(11-29)7-14(8-18(21)31-33(23)5)17-12-30-32(4)13-17/h7-10,12-13,25H,1-6H3. The number of nitriles is 1. The van der Waals surface area contributed by atoms with E-state index < -0.39 is 23.9 Å². The van der Waals surface area contributed by atoms with Gasteiger partial charge in [-0.2, -0.15) is 24.2 Å². The Labute approximate surface area is 211 Å². The molecule has 0 fully saturated rings. The molecule has 9 nitrogen and oxygen atoms in total. The van der Waals surface area contributed by atoms with E-state index in [0.29, 0.717) is 27.7 Å². The number of aryl methyl sites for hydroxylation is 2. The maximum Gasteiger partial charge on any atom is 0.387 e. The number of hydrogen-bond acceptors (Lipinski definition) is 7. The summed E-state index contributed by atoms with van der Waals surface area (Å²) in [6, 6.07) is 8.54. The molecule has 0 amide bonds. The summed E-state index contributed by atoms with van der Waals surface area (Å²) < 4.78 is 45.5.